The van der Waals surface area contributed by atoms with Gasteiger partial charge in [-0.05, 0) is 5.41 Å². The largest absolute Gasteiger partial charge is 0.481 e. The summed E-state index contributed by atoms with van der Waals surface area (Å²) in [6.45, 7) is 4.46. The molecule has 1 saturated carbocycles. The Bertz CT molecular complexity index is 275. The van der Waals surface area contributed by atoms with Crippen molar-refractivity contribution in [3.8, 4) is 0 Å². The number of aliphatic carboxylic acids is 1. The SMILES string of the molecule is COCCNC(=O)[C@@H]1[C@H](C(=O)O)C1(C)C. The van der Waals surface area contributed by atoms with Crippen LogP contribution in [0.15, 0.2) is 0 Å². The summed E-state index contributed by atoms with van der Waals surface area (Å²) in [5, 5.41) is 11.5. The third-order valence-electron chi connectivity index (χ3n) is 2.98. The number of carbonyl (C=O) groups excluding carboxylic acids is 1. The molecule has 86 valence electrons. The highest BCUT2D eigenvalue weighted by molar-refractivity contribution is 5.91. The number of amides is 1. The lowest BCUT2D eigenvalue weighted by molar-refractivity contribution is -0.140. The van der Waals surface area contributed by atoms with Gasteiger partial charge in [-0.15, -0.1) is 0 Å². The second kappa shape index (κ2) is 4.18. The fourth-order valence-electron chi connectivity index (χ4n) is 1.97. The van der Waals surface area contributed by atoms with E-state index in [1.165, 1.54) is 0 Å². The number of carbonyl (C=O) groups is 2. The fourth-order valence-corrected chi connectivity index (χ4v) is 1.97. The fraction of sp³-hybridized carbons (Fsp3) is 0.800. The van der Waals surface area contributed by atoms with Crippen molar-refractivity contribution in [1.29, 1.82) is 0 Å². The summed E-state index contributed by atoms with van der Waals surface area (Å²) in [5.41, 5.74) is -0.428. The maximum absolute atomic E-state index is 11.6. The Kier molecular flexibility index (Phi) is 3.34. The molecule has 1 amide bonds. The molecule has 1 rings (SSSR count). The van der Waals surface area contributed by atoms with Crippen LogP contribution in [0.5, 0.6) is 0 Å². The Hall–Kier alpha value is -1.10. The Morgan fingerprint density at radius 1 is 1.40 bits per heavy atom. The molecule has 2 N–H and O–H groups in total. The van der Waals surface area contributed by atoms with Gasteiger partial charge in [0.2, 0.25) is 5.91 Å². The van der Waals surface area contributed by atoms with E-state index in [2.05, 4.69) is 5.32 Å². The van der Waals surface area contributed by atoms with Crippen LogP contribution in [0.4, 0.5) is 0 Å². The molecule has 0 heterocycles. The van der Waals surface area contributed by atoms with Gasteiger partial charge in [0.15, 0.2) is 0 Å². The molecule has 15 heavy (non-hydrogen) atoms. The lowest BCUT2D eigenvalue weighted by Crippen LogP contribution is -2.30. The molecule has 0 aliphatic heterocycles. The molecule has 0 unspecified atom stereocenters. The summed E-state index contributed by atoms with van der Waals surface area (Å²) < 4.78 is 4.79. The van der Waals surface area contributed by atoms with Crippen LogP contribution in [-0.2, 0) is 14.3 Å². The minimum absolute atomic E-state index is 0.190. The van der Waals surface area contributed by atoms with Gasteiger partial charge < -0.3 is 15.2 Å². The maximum atomic E-state index is 11.6. The molecule has 0 aromatic rings. The Labute approximate surface area is 88.8 Å². The highest BCUT2D eigenvalue weighted by atomic mass is 16.5. The van der Waals surface area contributed by atoms with Crippen molar-refractivity contribution in [2.75, 3.05) is 20.3 Å². The predicted molar refractivity (Wildman–Crippen MR) is 53.3 cm³/mol. The average Bonchev–Trinajstić information content (AvgIpc) is 2.69. The zero-order valence-electron chi connectivity index (χ0n) is 9.24. The van der Waals surface area contributed by atoms with E-state index < -0.39 is 23.2 Å². The van der Waals surface area contributed by atoms with Crippen molar-refractivity contribution in [1.82, 2.24) is 5.32 Å². The van der Waals surface area contributed by atoms with Crippen molar-refractivity contribution < 1.29 is 19.4 Å². The van der Waals surface area contributed by atoms with Gasteiger partial charge >= 0.3 is 5.97 Å². The molecule has 0 aromatic heterocycles. The standard InChI is InChI=1S/C10H17NO4/c1-10(2)6(7(10)9(13)14)8(12)11-4-5-15-3/h6-7H,4-5H2,1-3H3,(H,11,12)(H,13,14)/t6-,7+/m0/s1. The van der Waals surface area contributed by atoms with E-state index in [-0.39, 0.29) is 5.91 Å². The molecule has 0 aromatic carbocycles. The molecule has 0 bridgehead atoms. The second-order valence-corrected chi connectivity index (χ2v) is 4.40. The molecule has 2 atom stereocenters. The number of nitrogens with one attached hydrogen (secondary N) is 1. The quantitative estimate of drug-likeness (QED) is 0.638. The molecular formula is C10H17NO4. The number of ether oxygens (including phenoxy) is 1. The van der Waals surface area contributed by atoms with Gasteiger partial charge in [-0.25, -0.2) is 0 Å². The number of hydrogen-bond acceptors (Lipinski definition) is 3. The maximum Gasteiger partial charge on any atom is 0.307 e. The van der Waals surface area contributed by atoms with Gasteiger partial charge in [0.25, 0.3) is 0 Å². The summed E-state index contributed by atoms with van der Waals surface area (Å²) in [4.78, 5) is 22.4. The minimum Gasteiger partial charge on any atom is -0.481 e. The zero-order valence-corrected chi connectivity index (χ0v) is 9.24. The average molecular weight is 215 g/mol. The Balaban J connectivity index is 2.45. The first-order chi connectivity index (χ1) is 6.92. The van der Waals surface area contributed by atoms with E-state index in [1.54, 1.807) is 21.0 Å². The third-order valence-corrected chi connectivity index (χ3v) is 2.98. The van der Waals surface area contributed by atoms with Gasteiger partial charge in [0.05, 0.1) is 18.4 Å². The molecule has 0 saturated heterocycles. The van der Waals surface area contributed by atoms with Crippen LogP contribution in [-0.4, -0.2) is 37.2 Å². The molecule has 1 aliphatic rings. The number of rotatable bonds is 5. The second-order valence-electron chi connectivity index (χ2n) is 4.40. The van der Waals surface area contributed by atoms with Gasteiger partial charge in [0, 0.05) is 13.7 Å². The van der Waals surface area contributed by atoms with E-state index in [1.807, 2.05) is 0 Å². The Morgan fingerprint density at radius 3 is 2.40 bits per heavy atom. The first-order valence-corrected chi connectivity index (χ1v) is 4.92. The van der Waals surface area contributed by atoms with Crippen molar-refractivity contribution in [3.05, 3.63) is 0 Å². The summed E-state index contributed by atoms with van der Waals surface area (Å²) in [6.07, 6.45) is 0. The molecule has 0 spiro atoms. The van der Waals surface area contributed by atoms with Crippen molar-refractivity contribution in [2.45, 2.75) is 13.8 Å². The third kappa shape index (κ3) is 2.28. The van der Waals surface area contributed by atoms with Crippen LogP contribution in [0.25, 0.3) is 0 Å². The van der Waals surface area contributed by atoms with Crippen LogP contribution in [0.2, 0.25) is 0 Å². The van der Waals surface area contributed by atoms with E-state index >= 15 is 0 Å². The zero-order chi connectivity index (χ0) is 11.6. The van der Waals surface area contributed by atoms with Gasteiger partial charge in [-0.2, -0.15) is 0 Å². The molecule has 1 fully saturated rings. The first kappa shape index (κ1) is 12.0. The predicted octanol–water partition coefficient (Wildman–Crippen LogP) is 0.106. The number of carboxylic acid groups (broad SMARTS) is 1. The van der Waals surface area contributed by atoms with Crippen LogP contribution in [0, 0.1) is 17.3 Å². The van der Waals surface area contributed by atoms with Crippen LogP contribution < -0.4 is 5.32 Å². The molecule has 1 aliphatic carbocycles. The summed E-state index contributed by atoms with van der Waals surface area (Å²) in [6, 6.07) is 0. The number of methoxy groups -OCH3 is 1. The molecule has 5 heteroatoms. The van der Waals surface area contributed by atoms with Gasteiger partial charge in [-0.3, -0.25) is 9.59 Å². The smallest absolute Gasteiger partial charge is 0.307 e. The van der Waals surface area contributed by atoms with Crippen molar-refractivity contribution in [3.63, 3.8) is 0 Å². The summed E-state index contributed by atoms with van der Waals surface area (Å²) in [7, 11) is 1.55. The minimum atomic E-state index is -0.896. The lowest BCUT2D eigenvalue weighted by Gasteiger charge is -2.04. The first-order valence-electron chi connectivity index (χ1n) is 4.92. The highest BCUT2D eigenvalue weighted by Gasteiger charge is 2.65. The molecule has 5 nitrogen and oxygen atoms in total. The van der Waals surface area contributed by atoms with E-state index in [9.17, 15) is 9.59 Å². The Morgan fingerprint density at radius 2 is 2.00 bits per heavy atom. The number of hydrogen-bond donors (Lipinski definition) is 2. The van der Waals surface area contributed by atoms with Crippen molar-refractivity contribution in [2.24, 2.45) is 17.3 Å². The van der Waals surface area contributed by atoms with E-state index in [0.717, 1.165) is 0 Å². The normalized spacial score (nSPS) is 27.1. The van der Waals surface area contributed by atoms with Crippen LogP contribution in [0.1, 0.15) is 13.8 Å². The monoisotopic (exact) mass is 215 g/mol. The number of carboxylic acids is 1. The summed E-state index contributed by atoms with van der Waals surface area (Å²) in [5.74, 6) is -2.05. The highest BCUT2D eigenvalue weighted by Crippen LogP contribution is 2.58. The summed E-state index contributed by atoms with van der Waals surface area (Å²) >= 11 is 0. The van der Waals surface area contributed by atoms with E-state index in [0.29, 0.717) is 13.2 Å². The van der Waals surface area contributed by atoms with Gasteiger partial charge in [0.1, 0.15) is 0 Å². The molecular weight excluding hydrogens is 198 g/mol. The van der Waals surface area contributed by atoms with Crippen molar-refractivity contribution >= 4 is 11.9 Å². The lowest BCUT2D eigenvalue weighted by atomic mass is 10.1. The van der Waals surface area contributed by atoms with Crippen LogP contribution >= 0.6 is 0 Å². The molecule has 0 radical (unpaired) electrons. The van der Waals surface area contributed by atoms with E-state index in [4.69, 9.17) is 9.84 Å². The van der Waals surface area contributed by atoms with Crippen LogP contribution in [0.3, 0.4) is 0 Å². The topological polar surface area (TPSA) is 75.6 Å². The van der Waals surface area contributed by atoms with Gasteiger partial charge in [-0.1, -0.05) is 13.8 Å².